The molecule has 1 aliphatic rings. The number of nitrogens with zero attached hydrogens (tertiary/aromatic N) is 1. The molecule has 0 bridgehead atoms. The number of ether oxygens (including phenoxy) is 1. The smallest absolute Gasteiger partial charge is 0.122 e. The molecule has 0 radical (unpaired) electrons. The summed E-state index contributed by atoms with van der Waals surface area (Å²) in [6.07, 6.45) is 4.27. The minimum Gasteiger partial charge on any atom is -0.468 e. The fourth-order valence-electron chi connectivity index (χ4n) is 2.73. The predicted octanol–water partition coefficient (Wildman–Crippen LogP) is 3.03. The lowest BCUT2D eigenvalue weighted by atomic mass is 10.0. The molecule has 0 saturated carbocycles. The van der Waals surface area contributed by atoms with E-state index in [0.29, 0.717) is 5.92 Å². The van der Waals surface area contributed by atoms with Gasteiger partial charge in [0.25, 0.3) is 0 Å². The quantitative estimate of drug-likeness (QED) is 0.875. The van der Waals surface area contributed by atoms with Gasteiger partial charge in [0.05, 0.1) is 19.4 Å². The topological polar surface area (TPSA) is 37.6 Å². The Labute approximate surface area is 128 Å². The van der Waals surface area contributed by atoms with E-state index in [1.807, 2.05) is 0 Å². The molecule has 1 aromatic heterocycles. The molecule has 1 N–H and O–H groups in total. The molecule has 21 heavy (non-hydrogen) atoms. The maximum absolute atomic E-state index is 5.68. The van der Waals surface area contributed by atoms with E-state index in [1.165, 1.54) is 18.4 Å². The van der Waals surface area contributed by atoms with Crippen LogP contribution in [-0.4, -0.2) is 37.2 Å². The number of rotatable bonds is 6. The zero-order chi connectivity index (χ0) is 15.3. The molecule has 0 aromatic carbocycles. The number of furan rings is 1. The molecule has 4 heteroatoms. The van der Waals surface area contributed by atoms with Gasteiger partial charge in [-0.2, -0.15) is 0 Å². The van der Waals surface area contributed by atoms with Gasteiger partial charge < -0.3 is 14.5 Å². The van der Waals surface area contributed by atoms with Gasteiger partial charge >= 0.3 is 0 Å². The van der Waals surface area contributed by atoms with Crippen molar-refractivity contribution in [2.75, 3.05) is 26.8 Å². The maximum atomic E-state index is 5.68. The molecule has 4 nitrogen and oxygen atoms in total. The minimum absolute atomic E-state index is 0.125. The third kappa shape index (κ3) is 5.81. The van der Waals surface area contributed by atoms with Gasteiger partial charge in [-0.05, 0) is 52.6 Å². The number of nitrogens with one attached hydrogen (secondary N) is 1. The maximum Gasteiger partial charge on any atom is 0.122 e. The summed E-state index contributed by atoms with van der Waals surface area (Å²) < 4.78 is 11.2. The van der Waals surface area contributed by atoms with Crippen LogP contribution in [0.25, 0.3) is 0 Å². The first-order valence-electron chi connectivity index (χ1n) is 8.00. The van der Waals surface area contributed by atoms with Crippen molar-refractivity contribution in [1.29, 1.82) is 0 Å². The van der Waals surface area contributed by atoms with Gasteiger partial charge in [0, 0.05) is 30.8 Å². The fourth-order valence-corrected chi connectivity index (χ4v) is 2.73. The average molecular weight is 294 g/mol. The lowest BCUT2D eigenvalue weighted by Gasteiger charge is -2.27. The van der Waals surface area contributed by atoms with Crippen molar-refractivity contribution in [2.45, 2.75) is 52.2 Å². The molecule has 0 aliphatic carbocycles. The van der Waals surface area contributed by atoms with Crippen molar-refractivity contribution in [3.63, 3.8) is 0 Å². The summed E-state index contributed by atoms with van der Waals surface area (Å²) in [6, 6.07) is 2.08. The molecule has 120 valence electrons. The Morgan fingerprint density at radius 3 is 2.86 bits per heavy atom. The average Bonchev–Trinajstić information content (AvgIpc) is 2.84. The molecule has 1 fully saturated rings. The third-order valence-electron chi connectivity index (χ3n) is 3.88. The zero-order valence-electron chi connectivity index (χ0n) is 13.9. The third-order valence-corrected chi connectivity index (χ3v) is 3.88. The van der Waals surface area contributed by atoms with Gasteiger partial charge in [-0.3, -0.25) is 4.90 Å². The Morgan fingerprint density at radius 2 is 2.19 bits per heavy atom. The largest absolute Gasteiger partial charge is 0.468 e. The molecule has 2 heterocycles. The highest BCUT2D eigenvalue weighted by molar-refractivity contribution is 5.17. The van der Waals surface area contributed by atoms with Gasteiger partial charge in [-0.15, -0.1) is 0 Å². The van der Waals surface area contributed by atoms with Crippen LogP contribution in [0.1, 0.15) is 44.9 Å². The van der Waals surface area contributed by atoms with Crippen LogP contribution in [0.5, 0.6) is 0 Å². The molecule has 0 amide bonds. The van der Waals surface area contributed by atoms with Crippen molar-refractivity contribution in [3.8, 4) is 0 Å². The second-order valence-corrected chi connectivity index (χ2v) is 7.25. The second kappa shape index (κ2) is 7.43. The summed E-state index contributed by atoms with van der Waals surface area (Å²) in [7, 11) is 2.16. The van der Waals surface area contributed by atoms with E-state index >= 15 is 0 Å². The van der Waals surface area contributed by atoms with E-state index in [9.17, 15) is 0 Å². The summed E-state index contributed by atoms with van der Waals surface area (Å²) in [4.78, 5) is 2.35. The van der Waals surface area contributed by atoms with Crippen LogP contribution in [0, 0.1) is 5.92 Å². The van der Waals surface area contributed by atoms with Gasteiger partial charge in [0.15, 0.2) is 0 Å². The summed E-state index contributed by atoms with van der Waals surface area (Å²) in [5.74, 6) is 1.74. The molecule has 1 aliphatic heterocycles. The van der Waals surface area contributed by atoms with Gasteiger partial charge in [-0.1, -0.05) is 0 Å². The summed E-state index contributed by atoms with van der Waals surface area (Å²) in [6.45, 7) is 11.2. The van der Waals surface area contributed by atoms with Crippen LogP contribution in [0.3, 0.4) is 0 Å². The Balaban J connectivity index is 1.83. The van der Waals surface area contributed by atoms with Crippen molar-refractivity contribution < 1.29 is 9.15 Å². The highest BCUT2D eigenvalue weighted by atomic mass is 16.5. The van der Waals surface area contributed by atoms with Gasteiger partial charge in [-0.25, -0.2) is 0 Å². The van der Waals surface area contributed by atoms with Crippen molar-refractivity contribution >= 4 is 0 Å². The summed E-state index contributed by atoms with van der Waals surface area (Å²) in [5, 5.41) is 3.52. The molecule has 0 spiro atoms. The van der Waals surface area contributed by atoms with Crippen LogP contribution in [0.15, 0.2) is 16.7 Å². The summed E-state index contributed by atoms with van der Waals surface area (Å²) >= 11 is 0. The van der Waals surface area contributed by atoms with Gasteiger partial charge in [0.2, 0.25) is 0 Å². The predicted molar refractivity (Wildman–Crippen MR) is 85.2 cm³/mol. The lowest BCUT2D eigenvalue weighted by molar-refractivity contribution is 0.0403. The Kier molecular flexibility index (Phi) is 5.85. The first-order valence-corrected chi connectivity index (χ1v) is 8.00. The Bertz CT molecular complexity index is 417. The van der Waals surface area contributed by atoms with Crippen LogP contribution in [0.2, 0.25) is 0 Å². The number of hydrogen-bond donors (Lipinski definition) is 1. The van der Waals surface area contributed by atoms with Crippen LogP contribution in [0.4, 0.5) is 0 Å². The van der Waals surface area contributed by atoms with Gasteiger partial charge in [0.1, 0.15) is 5.76 Å². The van der Waals surface area contributed by atoms with Crippen LogP contribution < -0.4 is 5.32 Å². The standard InChI is InChI=1S/C17H30N2O2/c1-17(2,3)18-10-15-7-9-21-16(15)12-19(4)11-14-6-5-8-20-13-14/h7,9,14,18H,5-6,8,10-13H2,1-4H3. The van der Waals surface area contributed by atoms with Crippen molar-refractivity contribution in [3.05, 3.63) is 23.7 Å². The zero-order valence-corrected chi connectivity index (χ0v) is 13.9. The molecule has 1 aromatic rings. The highest BCUT2D eigenvalue weighted by Crippen LogP contribution is 2.18. The Hall–Kier alpha value is -0.840. The van der Waals surface area contributed by atoms with Crippen LogP contribution >= 0.6 is 0 Å². The van der Waals surface area contributed by atoms with Crippen molar-refractivity contribution in [2.24, 2.45) is 5.92 Å². The van der Waals surface area contributed by atoms with E-state index < -0.39 is 0 Å². The lowest BCUT2D eigenvalue weighted by Crippen LogP contribution is -2.35. The summed E-state index contributed by atoms with van der Waals surface area (Å²) in [5.41, 5.74) is 1.39. The molecule has 2 rings (SSSR count). The molecule has 1 atom stereocenters. The monoisotopic (exact) mass is 294 g/mol. The fraction of sp³-hybridized carbons (Fsp3) is 0.765. The molecular formula is C17H30N2O2. The first kappa shape index (κ1) is 16.5. The molecule has 1 saturated heterocycles. The van der Waals surface area contributed by atoms with Crippen molar-refractivity contribution in [1.82, 2.24) is 10.2 Å². The normalized spacial score (nSPS) is 20.1. The second-order valence-electron chi connectivity index (χ2n) is 7.25. The molecule has 1 unspecified atom stereocenters. The Morgan fingerprint density at radius 1 is 1.38 bits per heavy atom. The van der Waals surface area contributed by atoms with E-state index in [4.69, 9.17) is 9.15 Å². The van der Waals surface area contributed by atoms with E-state index in [1.54, 1.807) is 6.26 Å². The molecular weight excluding hydrogens is 264 g/mol. The van der Waals surface area contributed by atoms with Crippen LogP contribution in [-0.2, 0) is 17.8 Å². The SMILES string of the molecule is CN(Cc1occc1CNC(C)(C)C)CC1CCCOC1. The first-order chi connectivity index (χ1) is 9.94. The number of hydrogen-bond acceptors (Lipinski definition) is 4. The highest BCUT2D eigenvalue weighted by Gasteiger charge is 2.18. The van der Waals surface area contributed by atoms with E-state index in [-0.39, 0.29) is 5.54 Å². The van der Waals surface area contributed by atoms with E-state index in [0.717, 1.165) is 38.6 Å². The minimum atomic E-state index is 0.125. The van der Waals surface area contributed by atoms with E-state index in [2.05, 4.69) is 44.1 Å².